The number of rotatable bonds is 40. The van der Waals surface area contributed by atoms with E-state index in [0.717, 1.165) is 101 Å². The van der Waals surface area contributed by atoms with Crippen LogP contribution in [0.1, 0.15) is 219 Å². The summed E-state index contributed by atoms with van der Waals surface area (Å²) in [5, 5.41) is 21.0. The third-order valence-corrected chi connectivity index (χ3v) is 11.5. The van der Waals surface area contributed by atoms with Crippen LogP contribution in [0.2, 0.25) is 0 Å². The van der Waals surface area contributed by atoms with Crippen molar-refractivity contribution < 1.29 is 48.3 Å². The molecule has 0 radical (unpaired) electrons. The van der Waals surface area contributed by atoms with E-state index in [4.69, 9.17) is 18.9 Å². The average molecular weight is 1030 g/mol. The molecule has 10 nitrogen and oxygen atoms in total. The van der Waals surface area contributed by atoms with E-state index >= 15 is 0 Å². The van der Waals surface area contributed by atoms with Gasteiger partial charge in [0.2, 0.25) is 0 Å². The Hall–Kier alpha value is -2.19. The first-order chi connectivity index (χ1) is 31.0. The number of carboxylic acids is 2. The molecular formula is C54H86BaO10. The van der Waals surface area contributed by atoms with E-state index in [0.29, 0.717) is 26.1 Å². The fourth-order valence-electron chi connectivity index (χ4n) is 7.92. The van der Waals surface area contributed by atoms with Crippen molar-refractivity contribution in [2.24, 2.45) is 0 Å². The number of carbonyl (C=O) groups excluding carboxylic acids is 4. The molecule has 0 aromatic heterocycles. The first-order valence-electron chi connectivity index (χ1n) is 25.1. The van der Waals surface area contributed by atoms with Crippen LogP contribution < -0.4 is 10.2 Å². The number of ether oxygens (including phenoxy) is 4. The number of hydrogen-bond donors (Lipinski definition) is 0. The predicted molar refractivity (Wildman–Crippen MR) is 258 cm³/mol. The number of benzene rings is 2. The van der Waals surface area contributed by atoms with Gasteiger partial charge in [-0.25, -0.2) is 0 Å². The maximum atomic E-state index is 11.8. The Morgan fingerprint density at radius 2 is 0.692 bits per heavy atom. The first kappa shape index (κ1) is 62.8. The summed E-state index contributed by atoms with van der Waals surface area (Å²) in [5.41, 5.74) is 2.24. The molecule has 0 saturated heterocycles. The second kappa shape index (κ2) is 44.3. The summed E-state index contributed by atoms with van der Waals surface area (Å²) < 4.78 is 24.0. The molecule has 0 N–H and O–H groups in total. The van der Waals surface area contributed by atoms with Crippen LogP contribution >= 0.6 is 0 Å². The van der Waals surface area contributed by atoms with Crippen LogP contribution in [0, 0.1) is 0 Å². The Bertz CT molecular complexity index is 1320. The number of hydrogen-bond acceptors (Lipinski definition) is 10. The van der Waals surface area contributed by atoms with E-state index < -0.39 is 11.9 Å². The van der Waals surface area contributed by atoms with Crippen LogP contribution in [0.3, 0.4) is 0 Å². The molecule has 0 aliphatic carbocycles. The fourth-order valence-corrected chi connectivity index (χ4v) is 7.92. The van der Waals surface area contributed by atoms with Gasteiger partial charge in [0.25, 0.3) is 0 Å². The van der Waals surface area contributed by atoms with Crippen LogP contribution in [-0.4, -0.2) is 97.2 Å². The largest absolute Gasteiger partial charge is 2.00 e. The second-order valence-corrected chi connectivity index (χ2v) is 17.4. The van der Waals surface area contributed by atoms with Gasteiger partial charge in [-0.2, -0.15) is 0 Å². The standard InChI is InChI=1S/2C27H44O5.Ba/c2*1-3-4-5-6-8-14-19-25(31-22-24-17-12-11-13-18-24)26(32-23(2)28)20-15-9-7-10-16-21-27(29)30;/h2*11-13,17-18,25-26H,3-10,14-16,19-22H2,1-2H3,(H,29,30);/q;;+2/p-2. The first-order valence-corrected chi connectivity index (χ1v) is 25.1. The van der Waals surface area contributed by atoms with Gasteiger partial charge in [0.15, 0.2) is 0 Å². The molecule has 4 atom stereocenters. The van der Waals surface area contributed by atoms with Gasteiger partial charge in [0.05, 0.1) is 25.4 Å². The maximum Gasteiger partial charge on any atom is 2.00 e. The number of aliphatic carboxylic acids is 2. The Kier molecular flexibility index (Phi) is 42.8. The molecule has 0 saturated carbocycles. The maximum absolute atomic E-state index is 11.8. The van der Waals surface area contributed by atoms with E-state index in [1.165, 1.54) is 78.1 Å². The Labute approximate surface area is 434 Å². The topological polar surface area (TPSA) is 151 Å². The van der Waals surface area contributed by atoms with Crippen LogP contribution in [0.4, 0.5) is 0 Å². The minimum absolute atomic E-state index is 0. The van der Waals surface area contributed by atoms with Crippen LogP contribution in [-0.2, 0) is 51.3 Å². The zero-order chi connectivity index (χ0) is 46.9. The molecule has 11 heteroatoms. The minimum Gasteiger partial charge on any atom is -0.550 e. The van der Waals surface area contributed by atoms with Crippen molar-refractivity contribution in [1.82, 2.24) is 0 Å². The fraction of sp³-hybridized carbons (Fsp3) is 0.704. The Morgan fingerprint density at radius 1 is 0.415 bits per heavy atom. The molecule has 65 heavy (non-hydrogen) atoms. The van der Waals surface area contributed by atoms with Gasteiger partial charge in [-0.15, -0.1) is 0 Å². The van der Waals surface area contributed by atoms with Crippen molar-refractivity contribution in [3.8, 4) is 0 Å². The van der Waals surface area contributed by atoms with Crippen LogP contribution in [0.5, 0.6) is 0 Å². The number of esters is 2. The molecule has 2 aromatic carbocycles. The molecule has 0 amide bonds. The second-order valence-electron chi connectivity index (χ2n) is 17.4. The van der Waals surface area contributed by atoms with Crippen molar-refractivity contribution >= 4 is 72.8 Å². The normalized spacial score (nSPS) is 12.7. The molecule has 2 rings (SSSR count). The minimum atomic E-state index is -0.979. The summed E-state index contributed by atoms with van der Waals surface area (Å²) in [6.45, 7) is 8.41. The molecular weight excluding hydrogens is 946 g/mol. The van der Waals surface area contributed by atoms with E-state index in [1.807, 2.05) is 36.4 Å². The van der Waals surface area contributed by atoms with E-state index in [1.54, 1.807) is 0 Å². The summed E-state index contributed by atoms with van der Waals surface area (Å²) in [4.78, 5) is 44.6. The van der Waals surface area contributed by atoms with Gasteiger partial charge in [-0.05, 0) is 75.3 Å². The molecule has 4 unspecified atom stereocenters. The quantitative estimate of drug-likeness (QED) is 0.0358. The molecule has 0 bridgehead atoms. The molecule has 0 aliphatic heterocycles. The van der Waals surface area contributed by atoms with Gasteiger partial charge >= 0.3 is 60.8 Å². The van der Waals surface area contributed by atoms with Gasteiger partial charge < -0.3 is 38.7 Å². The van der Waals surface area contributed by atoms with E-state index in [2.05, 4.69) is 38.1 Å². The Balaban J connectivity index is 0.00000124. The monoisotopic (exact) mass is 1030 g/mol. The summed E-state index contributed by atoms with van der Waals surface area (Å²) in [5.74, 6) is -2.48. The van der Waals surface area contributed by atoms with Crippen molar-refractivity contribution in [3.63, 3.8) is 0 Å². The van der Waals surface area contributed by atoms with E-state index in [9.17, 15) is 29.4 Å². The van der Waals surface area contributed by atoms with Crippen molar-refractivity contribution in [1.29, 1.82) is 0 Å². The zero-order valence-corrected chi connectivity index (χ0v) is 45.5. The van der Waals surface area contributed by atoms with Crippen molar-refractivity contribution in [3.05, 3.63) is 71.8 Å². The van der Waals surface area contributed by atoms with Gasteiger partial charge in [-0.1, -0.05) is 190 Å². The smallest absolute Gasteiger partial charge is 0.550 e. The van der Waals surface area contributed by atoms with Gasteiger partial charge in [0, 0.05) is 25.8 Å². The number of unbranched alkanes of at least 4 members (excludes halogenated alkanes) is 18. The zero-order valence-electron chi connectivity index (χ0n) is 41.1. The summed E-state index contributed by atoms with van der Waals surface area (Å²) in [6, 6.07) is 20.2. The Morgan fingerprint density at radius 3 is 0.985 bits per heavy atom. The average Bonchev–Trinajstić information content (AvgIpc) is 3.27. The van der Waals surface area contributed by atoms with Crippen molar-refractivity contribution in [2.75, 3.05) is 0 Å². The molecule has 0 spiro atoms. The van der Waals surface area contributed by atoms with Crippen LogP contribution in [0.15, 0.2) is 60.7 Å². The third-order valence-electron chi connectivity index (χ3n) is 11.5. The van der Waals surface area contributed by atoms with E-state index in [-0.39, 0.29) is 98.1 Å². The SMILES string of the molecule is CCCCCCCCC(OCc1ccccc1)C(CCCCCCCC(=O)[O-])OC(C)=O.CCCCCCCCC(OCc1ccccc1)C(CCCCCCCC(=O)[O-])OC(C)=O.[Ba+2]. The predicted octanol–water partition coefficient (Wildman–Crippen LogP) is 11.1. The molecule has 0 heterocycles. The number of carboxylic acid groups (broad SMARTS) is 2. The van der Waals surface area contributed by atoms with Crippen LogP contribution in [0.25, 0.3) is 0 Å². The summed E-state index contributed by atoms with van der Waals surface area (Å²) in [7, 11) is 0. The number of carbonyl (C=O) groups is 4. The molecule has 364 valence electrons. The van der Waals surface area contributed by atoms with Gasteiger partial charge in [0.1, 0.15) is 12.2 Å². The molecule has 0 aliphatic rings. The van der Waals surface area contributed by atoms with Crippen molar-refractivity contribution in [2.45, 2.75) is 245 Å². The summed E-state index contributed by atoms with van der Waals surface area (Å²) >= 11 is 0. The molecule has 0 fully saturated rings. The third kappa shape index (κ3) is 38.5. The van der Waals surface area contributed by atoms with Gasteiger partial charge in [-0.3, -0.25) is 9.59 Å². The molecule has 2 aromatic rings. The summed E-state index contributed by atoms with van der Waals surface area (Å²) in [6.07, 6.45) is 26.4.